The molecule has 0 fully saturated rings. The van der Waals surface area contributed by atoms with Crippen LogP contribution in [0, 0.1) is 0 Å². The number of hydrogen-bond donors (Lipinski definition) is 2. The highest BCUT2D eigenvalue weighted by atomic mass is 32.1. The Morgan fingerprint density at radius 2 is 2.04 bits per heavy atom. The maximum absolute atomic E-state index is 12.2. The number of methoxy groups -OCH3 is 2. The van der Waals surface area contributed by atoms with Crippen molar-refractivity contribution in [3.63, 3.8) is 0 Å². The van der Waals surface area contributed by atoms with Crippen molar-refractivity contribution in [2.24, 2.45) is 0 Å². The van der Waals surface area contributed by atoms with Crippen molar-refractivity contribution < 1.29 is 19.1 Å². The zero-order chi connectivity index (χ0) is 16.7. The fourth-order valence-corrected chi connectivity index (χ4v) is 2.47. The van der Waals surface area contributed by atoms with Gasteiger partial charge in [-0.3, -0.25) is 14.6 Å². The van der Waals surface area contributed by atoms with Crippen LogP contribution in [-0.4, -0.2) is 48.8 Å². The Labute approximate surface area is 136 Å². The van der Waals surface area contributed by atoms with Gasteiger partial charge in [0.1, 0.15) is 10.6 Å². The first-order valence-electron chi connectivity index (χ1n) is 6.64. The van der Waals surface area contributed by atoms with Gasteiger partial charge in [0, 0.05) is 26.6 Å². The average Bonchev–Trinajstić information content (AvgIpc) is 3.04. The Morgan fingerprint density at radius 1 is 1.26 bits per heavy atom. The standard InChI is InChI=1S/C14H16N4O4S/c1-21-11(22-2)8-17-14(20)12-9(3-6-23-12)18-13(19)10-7-15-4-5-16-10/h3-7,11H,8H2,1-2H3,(H,17,20)(H,18,19). The summed E-state index contributed by atoms with van der Waals surface area (Å²) >= 11 is 1.22. The van der Waals surface area contributed by atoms with Crippen LogP contribution in [0.4, 0.5) is 5.69 Å². The highest BCUT2D eigenvalue weighted by Crippen LogP contribution is 2.22. The van der Waals surface area contributed by atoms with E-state index in [0.717, 1.165) is 0 Å². The minimum Gasteiger partial charge on any atom is -0.354 e. The van der Waals surface area contributed by atoms with E-state index < -0.39 is 12.2 Å². The zero-order valence-electron chi connectivity index (χ0n) is 12.6. The maximum atomic E-state index is 12.2. The summed E-state index contributed by atoms with van der Waals surface area (Å²) in [5.41, 5.74) is 0.582. The maximum Gasteiger partial charge on any atom is 0.275 e. The lowest BCUT2D eigenvalue weighted by atomic mass is 10.3. The molecule has 23 heavy (non-hydrogen) atoms. The predicted molar refractivity (Wildman–Crippen MR) is 84.4 cm³/mol. The van der Waals surface area contributed by atoms with E-state index in [1.54, 1.807) is 11.4 Å². The van der Waals surface area contributed by atoms with E-state index in [1.165, 1.54) is 44.1 Å². The van der Waals surface area contributed by atoms with Crippen molar-refractivity contribution in [1.82, 2.24) is 15.3 Å². The lowest BCUT2D eigenvalue weighted by Crippen LogP contribution is -2.34. The predicted octanol–water partition coefficient (Wildman–Crippen LogP) is 1.14. The lowest BCUT2D eigenvalue weighted by molar-refractivity contribution is -0.0974. The molecule has 122 valence electrons. The van der Waals surface area contributed by atoms with E-state index in [0.29, 0.717) is 10.6 Å². The molecule has 8 nitrogen and oxygen atoms in total. The molecule has 0 aliphatic rings. The molecule has 2 amide bonds. The molecule has 0 spiro atoms. The Hall–Kier alpha value is -2.36. The van der Waals surface area contributed by atoms with Crippen molar-refractivity contribution in [3.8, 4) is 0 Å². The SMILES string of the molecule is COC(CNC(=O)c1sccc1NC(=O)c1cnccn1)OC. The summed E-state index contributed by atoms with van der Waals surface area (Å²) in [6.45, 7) is 0.196. The van der Waals surface area contributed by atoms with E-state index in [9.17, 15) is 9.59 Å². The molecule has 0 aliphatic heterocycles. The first-order chi connectivity index (χ1) is 11.2. The summed E-state index contributed by atoms with van der Waals surface area (Å²) in [6.07, 6.45) is 3.72. The van der Waals surface area contributed by atoms with Gasteiger partial charge in [0.2, 0.25) is 0 Å². The molecule has 0 atom stereocenters. The van der Waals surface area contributed by atoms with Gasteiger partial charge in [0.25, 0.3) is 11.8 Å². The molecule has 2 heterocycles. The zero-order valence-corrected chi connectivity index (χ0v) is 13.4. The van der Waals surface area contributed by atoms with Crippen molar-refractivity contribution in [1.29, 1.82) is 0 Å². The van der Waals surface area contributed by atoms with Crippen LogP contribution in [0.5, 0.6) is 0 Å². The summed E-state index contributed by atoms with van der Waals surface area (Å²) in [5, 5.41) is 7.05. The van der Waals surface area contributed by atoms with Gasteiger partial charge < -0.3 is 20.1 Å². The molecule has 0 saturated heterocycles. The van der Waals surface area contributed by atoms with Crippen molar-refractivity contribution >= 4 is 28.8 Å². The fourth-order valence-electron chi connectivity index (χ4n) is 1.71. The van der Waals surface area contributed by atoms with Crippen LogP contribution in [0.2, 0.25) is 0 Å². The lowest BCUT2D eigenvalue weighted by Gasteiger charge is -2.14. The molecule has 2 aromatic heterocycles. The number of aromatic nitrogens is 2. The molecule has 0 aromatic carbocycles. The van der Waals surface area contributed by atoms with Gasteiger partial charge in [-0.15, -0.1) is 11.3 Å². The Morgan fingerprint density at radius 3 is 2.70 bits per heavy atom. The summed E-state index contributed by atoms with van der Waals surface area (Å²) in [4.78, 5) is 32.4. The van der Waals surface area contributed by atoms with Crippen LogP contribution in [-0.2, 0) is 9.47 Å². The Bertz CT molecular complexity index is 658. The molecular weight excluding hydrogens is 320 g/mol. The number of rotatable bonds is 7. The molecule has 0 unspecified atom stereocenters. The number of ether oxygens (including phenoxy) is 2. The van der Waals surface area contributed by atoms with Gasteiger partial charge in [0.15, 0.2) is 6.29 Å². The number of hydrogen-bond acceptors (Lipinski definition) is 7. The number of anilines is 1. The van der Waals surface area contributed by atoms with Gasteiger partial charge in [0.05, 0.1) is 18.4 Å². The van der Waals surface area contributed by atoms with Crippen LogP contribution in [0.1, 0.15) is 20.2 Å². The van der Waals surface area contributed by atoms with Crippen LogP contribution < -0.4 is 10.6 Å². The minimum absolute atomic E-state index is 0.170. The van der Waals surface area contributed by atoms with Gasteiger partial charge in [-0.05, 0) is 11.4 Å². The van der Waals surface area contributed by atoms with Gasteiger partial charge in [-0.2, -0.15) is 0 Å². The summed E-state index contributed by atoms with van der Waals surface area (Å²) in [6, 6.07) is 1.65. The largest absolute Gasteiger partial charge is 0.354 e. The second kappa shape index (κ2) is 8.32. The number of nitrogens with one attached hydrogen (secondary N) is 2. The molecule has 0 saturated carbocycles. The monoisotopic (exact) mass is 336 g/mol. The summed E-state index contributed by atoms with van der Waals surface area (Å²) < 4.78 is 10.0. The first-order valence-corrected chi connectivity index (χ1v) is 7.52. The number of carbonyl (C=O) groups is 2. The molecule has 0 radical (unpaired) electrons. The average molecular weight is 336 g/mol. The first kappa shape index (κ1) is 17.0. The summed E-state index contributed by atoms with van der Waals surface area (Å²) in [7, 11) is 2.97. The van der Waals surface area contributed by atoms with Crippen LogP contribution in [0.25, 0.3) is 0 Å². The third kappa shape index (κ3) is 4.55. The molecule has 2 N–H and O–H groups in total. The molecule has 2 rings (SSSR count). The third-order valence-corrected chi connectivity index (χ3v) is 3.78. The normalized spacial score (nSPS) is 10.6. The van der Waals surface area contributed by atoms with Gasteiger partial charge in [-0.25, -0.2) is 4.98 Å². The van der Waals surface area contributed by atoms with Gasteiger partial charge in [-0.1, -0.05) is 0 Å². The summed E-state index contributed by atoms with van der Waals surface area (Å²) in [5.74, 6) is -0.759. The van der Waals surface area contributed by atoms with Gasteiger partial charge >= 0.3 is 0 Å². The second-order valence-electron chi connectivity index (χ2n) is 4.32. The number of carbonyl (C=O) groups excluding carboxylic acids is 2. The fraction of sp³-hybridized carbons (Fsp3) is 0.286. The van der Waals surface area contributed by atoms with Crippen molar-refractivity contribution in [2.45, 2.75) is 6.29 Å². The topological polar surface area (TPSA) is 102 Å². The smallest absolute Gasteiger partial charge is 0.275 e. The van der Waals surface area contributed by atoms with E-state index in [4.69, 9.17) is 9.47 Å². The second-order valence-corrected chi connectivity index (χ2v) is 5.24. The van der Waals surface area contributed by atoms with Crippen LogP contribution in [0.3, 0.4) is 0 Å². The van der Waals surface area contributed by atoms with E-state index in [-0.39, 0.29) is 18.1 Å². The molecule has 0 aliphatic carbocycles. The highest BCUT2D eigenvalue weighted by molar-refractivity contribution is 7.12. The minimum atomic E-state index is -0.531. The number of nitrogens with zero attached hydrogens (tertiary/aromatic N) is 2. The Kier molecular flexibility index (Phi) is 6.15. The number of thiophene rings is 1. The molecular formula is C14H16N4O4S. The highest BCUT2D eigenvalue weighted by Gasteiger charge is 2.17. The third-order valence-electron chi connectivity index (χ3n) is 2.87. The van der Waals surface area contributed by atoms with E-state index in [1.807, 2.05) is 0 Å². The van der Waals surface area contributed by atoms with Crippen LogP contribution >= 0.6 is 11.3 Å². The Balaban J connectivity index is 2.01. The van der Waals surface area contributed by atoms with E-state index in [2.05, 4.69) is 20.6 Å². The number of amides is 2. The molecule has 2 aromatic rings. The quantitative estimate of drug-likeness (QED) is 0.735. The van der Waals surface area contributed by atoms with Crippen molar-refractivity contribution in [2.75, 3.05) is 26.1 Å². The van der Waals surface area contributed by atoms with E-state index >= 15 is 0 Å². The van der Waals surface area contributed by atoms with Crippen molar-refractivity contribution in [3.05, 3.63) is 40.6 Å². The van der Waals surface area contributed by atoms with Crippen LogP contribution in [0.15, 0.2) is 30.0 Å². The molecule has 0 bridgehead atoms. The molecule has 9 heteroatoms.